The molecule has 1 rings (SSSR count). The first kappa shape index (κ1) is 12.2. The van der Waals surface area contributed by atoms with Crippen LogP contribution in [0.5, 0.6) is 0 Å². The van der Waals surface area contributed by atoms with Crippen molar-refractivity contribution in [2.24, 2.45) is 5.41 Å². The Morgan fingerprint density at radius 3 is 2.60 bits per heavy atom. The van der Waals surface area contributed by atoms with E-state index < -0.39 is 0 Å². The largest absolute Gasteiger partial charge is 0.316 e. The first-order valence-corrected chi connectivity index (χ1v) is 5.53. The highest BCUT2D eigenvalue weighted by atomic mass is 15.3. The van der Waals surface area contributed by atoms with Crippen molar-refractivity contribution in [3.05, 3.63) is 12.2 Å². The smallest absolute Gasteiger partial charge is 0.138 e. The molecule has 1 unspecified atom stereocenters. The number of likely N-dealkylation sites (N-methyl/N-ethyl adjacent to an activating group) is 1. The van der Waals surface area contributed by atoms with Crippen molar-refractivity contribution in [1.29, 1.82) is 0 Å². The fraction of sp³-hybridized carbons (Fsp3) is 0.818. The predicted octanol–water partition coefficient (Wildman–Crippen LogP) is 1.47. The van der Waals surface area contributed by atoms with Gasteiger partial charge < -0.3 is 5.32 Å². The first-order chi connectivity index (χ1) is 6.99. The molecule has 0 fully saturated rings. The van der Waals surface area contributed by atoms with Gasteiger partial charge in [0.1, 0.15) is 12.2 Å². The summed E-state index contributed by atoms with van der Waals surface area (Å²) in [5.74, 6) is 1.06. The van der Waals surface area contributed by atoms with Gasteiger partial charge in [-0.15, -0.1) is 0 Å². The molecule has 1 N–H and O–H groups in total. The fourth-order valence-electron chi connectivity index (χ4n) is 1.73. The first-order valence-electron chi connectivity index (χ1n) is 5.53. The van der Waals surface area contributed by atoms with Gasteiger partial charge in [-0.05, 0) is 19.4 Å². The van der Waals surface area contributed by atoms with Crippen molar-refractivity contribution in [2.75, 3.05) is 7.05 Å². The van der Waals surface area contributed by atoms with E-state index in [9.17, 15) is 0 Å². The van der Waals surface area contributed by atoms with Crippen LogP contribution in [-0.2, 0) is 13.0 Å². The van der Waals surface area contributed by atoms with Crippen molar-refractivity contribution in [3.63, 3.8) is 0 Å². The molecular weight excluding hydrogens is 188 g/mol. The van der Waals surface area contributed by atoms with E-state index >= 15 is 0 Å². The van der Waals surface area contributed by atoms with Gasteiger partial charge in [-0.3, -0.25) is 4.68 Å². The molecule has 1 heterocycles. The van der Waals surface area contributed by atoms with E-state index in [0.717, 1.165) is 18.8 Å². The summed E-state index contributed by atoms with van der Waals surface area (Å²) in [6.45, 7) is 9.68. The van der Waals surface area contributed by atoms with Crippen molar-refractivity contribution in [2.45, 2.75) is 46.7 Å². The van der Waals surface area contributed by atoms with E-state index in [1.165, 1.54) is 0 Å². The average molecular weight is 210 g/mol. The van der Waals surface area contributed by atoms with Crippen LogP contribution >= 0.6 is 0 Å². The van der Waals surface area contributed by atoms with E-state index in [0.29, 0.717) is 6.04 Å². The highest BCUT2D eigenvalue weighted by Gasteiger charge is 2.24. The van der Waals surface area contributed by atoms with Crippen LogP contribution in [0.2, 0.25) is 0 Å². The second-order valence-corrected chi connectivity index (χ2v) is 4.90. The van der Waals surface area contributed by atoms with Gasteiger partial charge in [-0.25, -0.2) is 4.98 Å². The maximum atomic E-state index is 4.30. The second-order valence-electron chi connectivity index (χ2n) is 4.90. The molecule has 1 atom stereocenters. The van der Waals surface area contributed by atoms with Gasteiger partial charge in [0.25, 0.3) is 0 Å². The molecule has 0 radical (unpaired) electrons. The topological polar surface area (TPSA) is 42.7 Å². The maximum absolute atomic E-state index is 4.30. The molecule has 15 heavy (non-hydrogen) atoms. The molecule has 86 valence electrons. The Balaban J connectivity index is 2.75. The van der Waals surface area contributed by atoms with Gasteiger partial charge in [-0.1, -0.05) is 20.8 Å². The van der Waals surface area contributed by atoms with Crippen LogP contribution in [-0.4, -0.2) is 27.9 Å². The van der Waals surface area contributed by atoms with Gasteiger partial charge in [0.05, 0.1) is 0 Å². The Morgan fingerprint density at radius 2 is 2.13 bits per heavy atom. The highest BCUT2D eigenvalue weighted by molar-refractivity contribution is 4.93. The van der Waals surface area contributed by atoms with Gasteiger partial charge in [0.15, 0.2) is 0 Å². The van der Waals surface area contributed by atoms with E-state index in [2.05, 4.69) is 43.1 Å². The number of aryl methyl sites for hydroxylation is 1. The van der Waals surface area contributed by atoms with E-state index in [4.69, 9.17) is 0 Å². The van der Waals surface area contributed by atoms with Crippen molar-refractivity contribution >= 4 is 0 Å². The third kappa shape index (κ3) is 3.02. The molecule has 0 spiro atoms. The van der Waals surface area contributed by atoms with Crippen LogP contribution in [0.15, 0.2) is 6.33 Å². The Morgan fingerprint density at radius 1 is 1.47 bits per heavy atom. The summed E-state index contributed by atoms with van der Waals surface area (Å²) in [7, 11) is 2.00. The van der Waals surface area contributed by atoms with Crippen LogP contribution in [0.1, 0.15) is 33.5 Å². The number of aromatic nitrogens is 3. The summed E-state index contributed by atoms with van der Waals surface area (Å²) in [6.07, 6.45) is 2.56. The molecule has 1 aromatic heterocycles. The molecule has 4 heteroatoms. The summed E-state index contributed by atoms with van der Waals surface area (Å²) in [5.41, 5.74) is 0.235. The standard InChI is InChI=1S/C11H22N4/c1-6-15-10(13-8-14-15)7-9(12-5)11(2,3)4/h8-9,12H,6-7H2,1-5H3. The molecule has 4 nitrogen and oxygen atoms in total. The molecule has 0 aliphatic carbocycles. The molecule has 0 bridgehead atoms. The van der Waals surface area contributed by atoms with Gasteiger partial charge in [0, 0.05) is 19.0 Å². The normalized spacial score (nSPS) is 14.2. The number of hydrogen-bond acceptors (Lipinski definition) is 3. The van der Waals surface area contributed by atoms with E-state index in [1.807, 2.05) is 11.7 Å². The summed E-state index contributed by atoms with van der Waals surface area (Å²) < 4.78 is 1.95. The van der Waals surface area contributed by atoms with Crippen molar-refractivity contribution in [1.82, 2.24) is 20.1 Å². The molecule has 0 saturated carbocycles. The van der Waals surface area contributed by atoms with Crippen LogP contribution in [0.25, 0.3) is 0 Å². The highest BCUT2D eigenvalue weighted by Crippen LogP contribution is 2.21. The van der Waals surface area contributed by atoms with Gasteiger partial charge in [0.2, 0.25) is 0 Å². The lowest BCUT2D eigenvalue weighted by Gasteiger charge is -2.30. The maximum Gasteiger partial charge on any atom is 0.138 e. The van der Waals surface area contributed by atoms with E-state index in [-0.39, 0.29) is 5.41 Å². The minimum atomic E-state index is 0.235. The van der Waals surface area contributed by atoms with Crippen molar-refractivity contribution < 1.29 is 0 Å². The predicted molar refractivity (Wildman–Crippen MR) is 61.7 cm³/mol. The van der Waals surface area contributed by atoms with E-state index in [1.54, 1.807) is 6.33 Å². The fourth-order valence-corrected chi connectivity index (χ4v) is 1.73. The number of rotatable bonds is 4. The Hall–Kier alpha value is -0.900. The Labute approximate surface area is 92.1 Å². The minimum absolute atomic E-state index is 0.235. The van der Waals surface area contributed by atoms with Gasteiger partial charge >= 0.3 is 0 Å². The van der Waals surface area contributed by atoms with Crippen molar-refractivity contribution in [3.8, 4) is 0 Å². The molecule has 0 saturated heterocycles. The summed E-state index contributed by atoms with van der Waals surface area (Å²) in [4.78, 5) is 4.30. The second kappa shape index (κ2) is 4.75. The van der Waals surface area contributed by atoms with Crippen LogP contribution in [0.3, 0.4) is 0 Å². The quantitative estimate of drug-likeness (QED) is 0.818. The minimum Gasteiger partial charge on any atom is -0.316 e. The lowest BCUT2D eigenvalue weighted by Crippen LogP contribution is -2.40. The Bertz CT molecular complexity index is 298. The third-order valence-corrected chi connectivity index (χ3v) is 2.78. The molecule has 0 aliphatic heterocycles. The summed E-state index contributed by atoms with van der Waals surface area (Å²) in [5, 5.41) is 7.53. The number of nitrogens with one attached hydrogen (secondary N) is 1. The molecule has 0 aliphatic rings. The average Bonchev–Trinajstić information content (AvgIpc) is 2.59. The van der Waals surface area contributed by atoms with Crippen LogP contribution in [0.4, 0.5) is 0 Å². The zero-order chi connectivity index (χ0) is 11.5. The zero-order valence-electron chi connectivity index (χ0n) is 10.4. The summed E-state index contributed by atoms with van der Waals surface area (Å²) >= 11 is 0. The molecular formula is C11H22N4. The molecule has 0 amide bonds. The zero-order valence-corrected chi connectivity index (χ0v) is 10.4. The SMILES string of the molecule is CCn1ncnc1CC(NC)C(C)(C)C. The Kier molecular flexibility index (Phi) is 3.85. The number of nitrogens with zero attached hydrogens (tertiary/aromatic N) is 3. The lowest BCUT2D eigenvalue weighted by molar-refractivity contribution is 0.274. The molecule has 1 aromatic rings. The van der Waals surface area contributed by atoms with Gasteiger partial charge in [-0.2, -0.15) is 5.10 Å². The van der Waals surface area contributed by atoms with Crippen LogP contribution in [0, 0.1) is 5.41 Å². The summed E-state index contributed by atoms with van der Waals surface area (Å²) in [6, 6.07) is 0.423. The monoisotopic (exact) mass is 210 g/mol. The lowest BCUT2D eigenvalue weighted by atomic mass is 9.85. The van der Waals surface area contributed by atoms with Crippen LogP contribution < -0.4 is 5.32 Å². The number of hydrogen-bond donors (Lipinski definition) is 1. The third-order valence-electron chi connectivity index (χ3n) is 2.78. The molecule has 0 aromatic carbocycles.